The highest BCUT2D eigenvalue weighted by molar-refractivity contribution is 5.18. The molecule has 0 saturated heterocycles. The van der Waals surface area contributed by atoms with Crippen molar-refractivity contribution in [1.82, 2.24) is 14.9 Å². The van der Waals surface area contributed by atoms with E-state index < -0.39 is 6.10 Å². The van der Waals surface area contributed by atoms with Crippen molar-refractivity contribution in [2.45, 2.75) is 12.5 Å². The third-order valence-electron chi connectivity index (χ3n) is 3.02. The van der Waals surface area contributed by atoms with Crippen LogP contribution in [0.15, 0.2) is 36.7 Å². The Labute approximate surface area is 111 Å². The van der Waals surface area contributed by atoms with Crippen molar-refractivity contribution < 1.29 is 9.50 Å². The van der Waals surface area contributed by atoms with E-state index in [1.165, 1.54) is 12.1 Å². The molecule has 0 aliphatic heterocycles. The second-order valence-electron chi connectivity index (χ2n) is 4.48. The van der Waals surface area contributed by atoms with Crippen LogP contribution in [0.25, 0.3) is 0 Å². The van der Waals surface area contributed by atoms with Crippen molar-refractivity contribution in [3.63, 3.8) is 0 Å². The number of aliphatic hydroxyl groups excluding tert-OH is 1. The highest BCUT2D eigenvalue weighted by Gasteiger charge is 2.07. The summed E-state index contributed by atoms with van der Waals surface area (Å²) in [6.07, 6.45) is 3.75. The van der Waals surface area contributed by atoms with Gasteiger partial charge in [0.1, 0.15) is 11.6 Å². The molecule has 0 bridgehead atoms. The van der Waals surface area contributed by atoms with Gasteiger partial charge in [-0.1, -0.05) is 12.1 Å². The van der Waals surface area contributed by atoms with E-state index in [9.17, 15) is 9.50 Å². The van der Waals surface area contributed by atoms with Crippen LogP contribution in [-0.4, -0.2) is 27.7 Å². The molecule has 1 aromatic heterocycles. The summed E-state index contributed by atoms with van der Waals surface area (Å²) < 4.78 is 15.0. The minimum absolute atomic E-state index is 0.329. The van der Waals surface area contributed by atoms with Crippen LogP contribution in [0.5, 0.6) is 0 Å². The summed E-state index contributed by atoms with van der Waals surface area (Å²) in [5.41, 5.74) is 0.587. The molecule has 1 aromatic carbocycles. The van der Waals surface area contributed by atoms with Gasteiger partial charge in [-0.15, -0.1) is 0 Å². The second-order valence-corrected chi connectivity index (χ2v) is 4.48. The van der Waals surface area contributed by atoms with Crippen LogP contribution in [0.1, 0.15) is 17.5 Å². The molecule has 0 saturated carbocycles. The molecule has 0 aliphatic carbocycles. The van der Waals surface area contributed by atoms with Gasteiger partial charge in [0.2, 0.25) is 0 Å². The molecule has 5 heteroatoms. The van der Waals surface area contributed by atoms with Gasteiger partial charge < -0.3 is 15.0 Å². The lowest BCUT2D eigenvalue weighted by Gasteiger charge is -2.12. The zero-order valence-corrected chi connectivity index (χ0v) is 10.9. The first-order valence-corrected chi connectivity index (χ1v) is 6.27. The highest BCUT2D eigenvalue weighted by atomic mass is 19.1. The molecule has 2 aromatic rings. The fourth-order valence-corrected chi connectivity index (χ4v) is 1.91. The van der Waals surface area contributed by atoms with Crippen molar-refractivity contribution in [1.29, 1.82) is 0 Å². The zero-order valence-electron chi connectivity index (χ0n) is 10.9. The molecule has 0 radical (unpaired) electrons. The lowest BCUT2D eigenvalue weighted by atomic mass is 10.1. The summed E-state index contributed by atoms with van der Waals surface area (Å²) >= 11 is 0. The Hall–Kier alpha value is -1.72. The van der Waals surface area contributed by atoms with Gasteiger partial charge in [-0.25, -0.2) is 9.37 Å². The van der Waals surface area contributed by atoms with Crippen LogP contribution >= 0.6 is 0 Å². The Morgan fingerprint density at radius 1 is 1.47 bits per heavy atom. The maximum atomic E-state index is 13.0. The smallest absolute Gasteiger partial charge is 0.123 e. The summed E-state index contributed by atoms with van der Waals surface area (Å²) in [4.78, 5) is 4.21. The predicted molar refractivity (Wildman–Crippen MR) is 71.1 cm³/mol. The molecule has 2 N–H and O–H groups in total. The first kappa shape index (κ1) is 13.7. The van der Waals surface area contributed by atoms with Crippen LogP contribution in [0, 0.1) is 5.82 Å². The van der Waals surface area contributed by atoms with Gasteiger partial charge >= 0.3 is 0 Å². The molecular weight excluding hydrogens is 245 g/mol. The predicted octanol–water partition coefficient (Wildman–Crippen LogP) is 1.42. The zero-order chi connectivity index (χ0) is 13.7. The molecular formula is C14H18FN3O. The first-order valence-electron chi connectivity index (χ1n) is 6.27. The van der Waals surface area contributed by atoms with Gasteiger partial charge in [0, 0.05) is 39.0 Å². The van der Waals surface area contributed by atoms with Gasteiger partial charge in [0.05, 0.1) is 6.10 Å². The fraction of sp³-hybridized carbons (Fsp3) is 0.357. The van der Waals surface area contributed by atoms with Gasteiger partial charge in [0.25, 0.3) is 0 Å². The van der Waals surface area contributed by atoms with Crippen molar-refractivity contribution in [2.75, 3.05) is 13.1 Å². The lowest BCUT2D eigenvalue weighted by Crippen LogP contribution is -2.24. The fourth-order valence-electron chi connectivity index (χ4n) is 1.91. The summed E-state index contributed by atoms with van der Waals surface area (Å²) in [7, 11) is 1.95. The molecule has 19 heavy (non-hydrogen) atoms. The van der Waals surface area contributed by atoms with Gasteiger partial charge in [-0.2, -0.15) is 0 Å². The monoisotopic (exact) mass is 263 g/mol. The van der Waals surface area contributed by atoms with E-state index in [2.05, 4.69) is 10.3 Å². The SMILES string of the molecule is Cn1ccnc1CCNCC(O)c1cccc(F)c1. The van der Waals surface area contributed by atoms with Gasteiger partial charge in [0.15, 0.2) is 0 Å². The Morgan fingerprint density at radius 3 is 3.00 bits per heavy atom. The number of halogens is 1. The molecule has 0 aliphatic rings. The van der Waals surface area contributed by atoms with E-state index in [1.807, 2.05) is 17.8 Å². The summed E-state index contributed by atoms with van der Waals surface area (Å²) in [5, 5.41) is 13.0. The van der Waals surface area contributed by atoms with Crippen LogP contribution in [0.2, 0.25) is 0 Å². The van der Waals surface area contributed by atoms with Crippen LogP contribution in [0.4, 0.5) is 4.39 Å². The average Bonchev–Trinajstić information content (AvgIpc) is 2.80. The lowest BCUT2D eigenvalue weighted by molar-refractivity contribution is 0.174. The number of hydrogen-bond acceptors (Lipinski definition) is 3. The maximum absolute atomic E-state index is 13.0. The third-order valence-corrected chi connectivity index (χ3v) is 3.02. The van der Waals surface area contributed by atoms with E-state index in [4.69, 9.17) is 0 Å². The summed E-state index contributed by atoms with van der Waals surface area (Å²) in [6.45, 7) is 1.12. The van der Waals surface area contributed by atoms with Crippen molar-refractivity contribution in [3.05, 3.63) is 53.9 Å². The number of nitrogens with zero attached hydrogens (tertiary/aromatic N) is 2. The molecule has 2 rings (SSSR count). The van der Waals surface area contributed by atoms with Crippen molar-refractivity contribution in [2.24, 2.45) is 7.05 Å². The third kappa shape index (κ3) is 3.87. The Bertz CT molecular complexity index is 527. The van der Waals surface area contributed by atoms with E-state index in [0.717, 1.165) is 18.8 Å². The topological polar surface area (TPSA) is 50.1 Å². The highest BCUT2D eigenvalue weighted by Crippen LogP contribution is 2.12. The number of hydrogen-bond donors (Lipinski definition) is 2. The number of aliphatic hydroxyl groups is 1. The molecule has 1 unspecified atom stereocenters. The Balaban J connectivity index is 1.75. The molecule has 1 heterocycles. The number of rotatable bonds is 6. The van der Waals surface area contributed by atoms with Gasteiger partial charge in [-0.3, -0.25) is 0 Å². The van der Waals surface area contributed by atoms with E-state index in [1.54, 1.807) is 18.3 Å². The molecule has 102 valence electrons. The molecule has 0 spiro atoms. The maximum Gasteiger partial charge on any atom is 0.123 e. The van der Waals surface area contributed by atoms with Crippen molar-refractivity contribution in [3.8, 4) is 0 Å². The van der Waals surface area contributed by atoms with Crippen molar-refractivity contribution >= 4 is 0 Å². The first-order chi connectivity index (χ1) is 9.16. The standard InChI is InChI=1S/C14H18FN3O/c1-18-8-7-17-14(18)5-6-16-10-13(19)11-3-2-4-12(15)9-11/h2-4,7-9,13,16,19H,5-6,10H2,1H3. The quantitative estimate of drug-likeness (QED) is 0.775. The molecule has 0 amide bonds. The summed E-state index contributed by atoms with van der Waals surface area (Å²) in [5.74, 6) is 0.664. The summed E-state index contributed by atoms with van der Waals surface area (Å²) in [6, 6.07) is 6.03. The van der Waals surface area contributed by atoms with Gasteiger partial charge in [-0.05, 0) is 17.7 Å². The van der Waals surface area contributed by atoms with E-state index in [-0.39, 0.29) is 5.82 Å². The molecule has 0 fully saturated rings. The number of aryl methyl sites for hydroxylation is 1. The number of imidazole rings is 1. The van der Waals surface area contributed by atoms with Crippen LogP contribution in [0.3, 0.4) is 0 Å². The Morgan fingerprint density at radius 2 is 2.32 bits per heavy atom. The Kier molecular flexibility index (Phi) is 4.65. The van der Waals surface area contributed by atoms with Crippen LogP contribution < -0.4 is 5.32 Å². The van der Waals surface area contributed by atoms with Crippen LogP contribution in [-0.2, 0) is 13.5 Å². The average molecular weight is 263 g/mol. The molecule has 1 atom stereocenters. The minimum Gasteiger partial charge on any atom is -0.387 e. The van der Waals surface area contributed by atoms with E-state index in [0.29, 0.717) is 12.1 Å². The number of benzene rings is 1. The van der Waals surface area contributed by atoms with E-state index >= 15 is 0 Å². The number of nitrogens with one attached hydrogen (secondary N) is 1. The largest absolute Gasteiger partial charge is 0.387 e. The minimum atomic E-state index is -0.697. The normalized spacial score (nSPS) is 12.6. The molecule has 4 nitrogen and oxygen atoms in total. The second kappa shape index (κ2) is 6.45. The number of aromatic nitrogens is 2.